The zero-order chi connectivity index (χ0) is 19.6. The molecule has 4 nitrogen and oxygen atoms in total. The van der Waals surface area contributed by atoms with Crippen LogP contribution in [0.4, 0.5) is 0 Å². The third kappa shape index (κ3) is 4.92. The average molecular weight is 461 g/mol. The van der Waals surface area contributed by atoms with Crippen molar-refractivity contribution in [3.63, 3.8) is 0 Å². The van der Waals surface area contributed by atoms with E-state index >= 15 is 0 Å². The number of carbonyl (C=O) groups excluding carboxylic acids is 1. The lowest BCUT2D eigenvalue weighted by molar-refractivity contribution is 0.0944. The number of nitrogens with one attached hydrogen (secondary N) is 1. The van der Waals surface area contributed by atoms with Gasteiger partial charge < -0.3 is 5.32 Å². The van der Waals surface area contributed by atoms with Gasteiger partial charge in [-0.15, -0.1) is 11.3 Å². The number of halogens is 4. The van der Waals surface area contributed by atoms with Crippen LogP contribution in [-0.4, -0.2) is 21.9 Å². The molecular weight excluding hydrogens is 448 g/mol. The van der Waals surface area contributed by atoms with E-state index in [-0.39, 0.29) is 17.1 Å². The molecule has 0 fully saturated rings. The second-order valence-corrected chi connectivity index (χ2v) is 8.42. The Kier molecular flexibility index (Phi) is 6.61. The van der Waals surface area contributed by atoms with Gasteiger partial charge in [0.2, 0.25) is 0 Å². The van der Waals surface area contributed by atoms with Gasteiger partial charge in [-0.1, -0.05) is 46.4 Å². The first-order chi connectivity index (χ1) is 12.8. The zero-order valence-corrected chi connectivity index (χ0v) is 17.8. The van der Waals surface area contributed by atoms with E-state index in [0.29, 0.717) is 31.4 Å². The highest BCUT2D eigenvalue weighted by atomic mass is 35.5. The van der Waals surface area contributed by atoms with Crippen molar-refractivity contribution in [1.29, 1.82) is 0 Å². The molecule has 1 atom stereocenters. The fraction of sp³-hybridized carbons (Fsp3) is 0.167. The summed E-state index contributed by atoms with van der Waals surface area (Å²) in [6.07, 6.45) is 3.79. The van der Waals surface area contributed by atoms with Gasteiger partial charge in [-0.3, -0.25) is 9.78 Å². The van der Waals surface area contributed by atoms with Crippen LogP contribution in [0.15, 0.2) is 36.7 Å². The van der Waals surface area contributed by atoms with Crippen LogP contribution in [0.25, 0.3) is 10.6 Å². The van der Waals surface area contributed by atoms with Crippen LogP contribution in [0.3, 0.4) is 0 Å². The lowest BCUT2D eigenvalue weighted by Gasteiger charge is -2.15. The van der Waals surface area contributed by atoms with Gasteiger partial charge in [0, 0.05) is 39.1 Å². The molecule has 1 aromatic carbocycles. The van der Waals surface area contributed by atoms with Gasteiger partial charge in [-0.25, -0.2) is 4.98 Å². The summed E-state index contributed by atoms with van der Waals surface area (Å²) in [4.78, 5) is 21.3. The van der Waals surface area contributed by atoms with E-state index in [9.17, 15) is 4.79 Å². The minimum atomic E-state index is -0.304. The molecule has 1 unspecified atom stereocenters. The molecule has 0 saturated carbocycles. The molecule has 0 aliphatic heterocycles. The number of hydrogen-bond donors (Lipinski definition) is 1. The van der Waals surface area contributed by atoms with Crippen LogP contribution >= 0.6 is 57.7 Å². The van der Waals surface area contributed by atoms with Gasteiger partial charge in [-0.2, -0.15) is 0 Å². The average Bonchev–Trinajstić information content (AvgIpc) is 3.01. The summed E-state index contributed by atoms with van der Waals surface area (Å²) >= 11 is 25.7. The van der Waals surface area contributed by atoms with E-state index in [2.05, 4.69) is 15.3 Å². The van der Waals surface area contributed by atoms with Crippen LogP contribution < -0.4 is 5.32 Å². The molecule has 1 N–H and O–H groups in total. The maximum Gasteiger partial charge on any atom is 0.264 e. The molecule has 0 spiro atoms. The van der Waals surface area contributed by atoms with E-state index in [1.165, 1.54) is 11.3 Å². The molecule has 9 heteroatoms. The van der Waals surface area contributed by atoms with E-state index in [1.807, 2.05) is 13.0 Å². The summed E-state index contributed by atoms with van der Waals surface area (Å²) in [7, 11) is 0. The Morgan fingerprint density at radius 2 is 1.93 bits per heavy atom. The third-order valence-corrected chi connectivity index (χ3v) is 6.08. The Bertz CT molecular complexity index is 955. The van der Waals surface area contributed by atoms with Gasteiger partial charge in [0.1, 0.15) is 9.88 Å². The molecule has 0 radical (unpaired) electrons. The fourth-order valence-electron chi connectivity index (χ4n) is 2.47. The van der Waals surface area contributed by atoms with Gasteiger partial charge in [0.15, 0.2) is 5.15 Å². The smallest absolute Gasteiger partial charge is 0.264 e. The van der Waals surface area contributed by atoms with Crippen molar-refractivity contribution in [3.8, 4) is 10.6 Å². The molecule has 2 aromatic heterocycles. The van der Waals surface area contributed by atoms with Gasteiger partial charge in [0.25, 0.3) is 5.91 Å². The lowest BCUT2D eigenvalue weighted by Crippen LogP contribution is -2.33. The highest BCUT2D eigenvalue weighted by Gasteiger charge is 2.20. The SMILES string of the molecule is CC(Cc1c(Cl)cc(Cl)cc1Cl)NC(=O)c1sc(-c2cccnc2)nc1Cl. The van der Waals surface area contributed by atoms with Crippen molar-refractivity contribution in [2.24, 2.45) is 0 Å². The van der Waals surface area contributed by atoms with Crippen molar-refractivity contribution in [2.45, 2.75) is 19.4 Å². The Hall–Kier alpha value is -1.37. The van der Waals surface area contributed by atoms with Crippen LogP contribution in [0.2, 0.25) is 20.2 Å². The van der Waals surface area contributed by atoms with Gasteiger partial charge >= 0.3 is 0 Å². The van der Waals surface area contributed by atoms with Gasteiger partial charge in [-0.05, 0) is 43.2 Å². The summed E-state index contributed by atoms with van der Waals surface area (Å²) < 4.78 is 0. The summed E-state index contributed by atoms with van der Waals surface area (Å²) in [6.45, 7) is 1.86. The number of amides is 1. The molecule has 3 rings (SSSR count). The molecule has 1 amide bonds. The maximum absolute atomic E-state index is 12.6. The molecule has 0 aliphatic rings. The second-order valence-electron chi connectivity index (χ2n) is 5.81. The van der Waals surface area contributed by atoms with E-state index in [4.69, 9.17) is 46.4 Å². The molecule has 3 aromatic rings. The topological polar surface area (TPSA) is 54.9 Å². The van der Waals surface area contributed by atoms with E-state index in [1.54, 1.807) is 30.6 Å². The Morgan fingerprint density at radius 1 is 1.22 bits per heavy atom. The van der Waals surface area contributed by atoms with E-state index < -0.39 is 0 Å². The lowest BCUT2D eigenvalue weighted by atomic mass is 10.1. The number of benzene rings is 1. The number of thiazole rings is 1. The first-order valence-corrected chi connectivity index (χ1v) is 10.2. The maximum atomic E-state index is 12.6. The first kappa shape index (κ1) is 20.4. The van der Waals surface area contributed by atoms with Crippen molar-refractivity contribution in [1.82, 2.24) is 15.3 Å². The first-order valence-electron chi connectivity index (χ1n) is 7.86. The molecule has 2 heterocycles. The van der Waals surface area contributed by atoms with Crippen LogP contribution in [0.5, 0.6) is 0 Å². The fourth-order valence-corrected chi connectivity index (χ4v) is 4.63. The number of pyridine rings is 1. The molecule has 27 heavy (non-hydrogen) atoms. The number of hydrogen-bond acceptors (Lipinski definition) is 4. The van der Waals surface area contributed by atoms with E-state index in [0.717, 1.165) is 11.1 Å². The van der Waals surface area contributed by atoms with Crippen molar-refractivity contribution < 1.29 is 4.79 Å². The number of nitrogens with zero attached hydrogens (tertiary/aromatic N) is 2. The minimum absolute atomic E-state index is 0.158. The Morgan fingerprint density at radius 3 is 2.56 bits per heavy atom. The van der Waals surface area contributed by atoms with Crippen LogP contribution in [0, 0.1) is 0 Å². The molecule has 0 bridgehead atoms. The minimum Gasteiger partial charge on any atom is -0.348 e. The Balaban J connectivity index is 1.73. The van der Waals surface area contributed by atoms with Crippen molar-refractivity contribution in [3.05, 3.63) is 67.3 Å². The molecular formula is C18H13Cl4N3OS. The second kappa shape index (κ2) is 8.76. The van der Waals surface area contributed by atoms with Gasteiger partial charge in [0.05, 0.1) is 0 Å². The zero-order valence-electron chi connectivity index (χ0n) is 14.0. The summed E-state index contributed by atoms with van der Waals surface area (Å²) in [5, 5.41) is 5.08. The van der Waals surface area contributed by atoms with Crippen molar-refractivity contribution in [2.75, 3.05) is 0 Å². The predicted octanol–water partition coefficient (Wildman–Crippen LogP) is 6.18. The summed E-state index contributed by atoms with van der Waals surface area (Å²) in [5.74, 6) is -0.304. The summed E-state index contributed by atoms with van der Waals surface area (Å²) in [5.41, 5.74) is 1.53. The number of rotatable bonds is 5. The quantitative estimate of drug-likeness (QED) is 0.494. The highest BCUT2D eigenvalue weighted by molar-refractivity contribution is 7.17. The predicted molar refractivity (Wildman–Crippen MR) is 112 cm³/mol. The number of carbonyl (C=O) groups is 1. The summed E-state index contributed by atoms with van der Waals surface area (Å²) in [6, 6.07) is 6.68. The molecule has 140 valence electrons. The normalized spacial score (nSPS) is 12.0. The Labute approximate surface area is 180 Å². The molecule has 0 saturated heterocycles. The van der Waals surface area contributed by atoms with Crippen molar-refractivity contribution >= 4 is 63.6 Å². The monoisotopic (exact) mass is 459 g/mol. The molecule has 0 aliphatic carbocycles. The van der Waals surface area contributed by atoms with Crippen LogP contribution in [-0.2, 0) is 6.42 Å². The van der Waals surface area contributed by atoms with Crippen LogP contribution in [0.1, 0.15) is 22.2 Å². The standard InChI is InChI=1S/C18H13Cl4N3OS/c1-9(5-12-13(20)6-11(19)7-14(12)21)24-17(26)15-16(22)25-18(27-15)10-3-2-4-23-8-10/h2-4,6-9H,5H2,1H3,(H,24,26). The third-order valence-electron chi connectivity index (χ3n) is 3.69. The highest BCUT2D eigenvalue weighted by Crippen LogP contribution is 2.32. The number of aromatic nitrogens is 2. The largest absolute Gasteiger partial charge is 0.348 e.